The number of hydrogen-bond acceptors (Lipinski definition) is 3. The molecule has 0 aliphatic carbocycles. The lowest BCUT2D eigenvalue weighted by Crippen LogP contribution is -2.33. The molecule has 2 aromatic carbocycles. The van der Waals surface area contributed by atoms with Crippen LogP contribution >= 0.6 is 24.0 Å². The van der Waals surface area contributed by atoms with Crippen LogP contribution in [0.5, 0.6) is 5.75 Å². The summed E-state index contributed by atoms with van der Waals surface area (Å²) in [6, 6.07) is 15.1. The highest BCUT2D eigenvalue weighted by Gasteiger charge is 2.25. The lowest BCUT2D eigenvalue weighted by molar-refractivity contribution is 0.0934. The third-order valence-electron chi connectivity index (χ3n) is 5.10. The van der Waals surface area contributed by atoms with E-state index >= 15 is 0 Å². The highest BCUT2D eigenvalue weighted by Crippen LogP contribution is 2.26. The summed E-state index contributed by atoms with van der Waals surface area (Å²) in [6.07, 6.45) is 5.00. The molecule has 0 bridgehead atoms. The fourth-order valence-electron chi connectivity index (χ4n) is 3.57. The van der Waals surface area contributed by atoms with Gasteiger partial charge in [-0.1, -0.05) is 36.6 Å². The van der Waals surface area contributed by atoms with E-state index in [1.54, 1.807) is 7.11 Å². The molecule has 1 heterocycles. The third-order valence-corrected chi connectivity index (χ3v) is 5.35. The van der Waals surface area contributed by atoms with Gasteiger partial charge < -0.3 is 9.64 Å². The predicted molar refractivity (Wildman–Crippen MR) is 114 cm³/mol. The van der Waals surface area contributed by atoms with E-state index in [1.807, 2.05) is 48.5 Å². The Bertz CT molecular complexity index is 708. The second kappa shape index (κ2) is 10.7. The van der Waals surface area contributed by atoms with E-state index in [2.05, 4.69) is 4.90 Å². The summed E-state index contributed by atoms with van der Waals surface area (Å²) in [5.74, 6) is 0.732. The van der Waals surface area contributed by atoms with Gasteiger partial charge in [-0.25, -0.2) is 0 Å². The zero-order chi connectivity index (χ0) is 18.4. The Balaban J connectivity index is 0.00000261. The molecular weight excluding hydrogens is 381 g/mol. The minimum atomic E-state index is -0.182. The van der Waals surface area contributed by atoms with Gasteiger partial charge in [0.15, 0.2) is 5.78 Å². The van der Waals surface area contributed by atoms with Gasteiger partial charge in [-0.3, -0.25) is 4.79 Å². The highest BCUT2D eigenvalue weighted by molar-refractivity contribution is 6.30. The topological polar surface area (TPSA) is 29.5 Å². The number of carbonyl (C=O) groups is 1. The smallest absolute Gasteiger partial charge is 0.171 e. The summed E-state index contributed by atoms with van der Waals surface area (Å²) in [7, 11) is 1.63. The molecule has 2 aromatic rings. The van der Waals surface area contributed by atoms with Crippen molar-refractivity contribution in [1.29, 1.82) is 0 Å². The lowest BCUT2D eigenvalue weighted by atomic mass is 9.90. The Hall–Kier alpha value is -1.55. The summed E-state index contributed by atoms with van der Waals surface area (Å²) in [6.45, 7) is 2.90. The van der Waals surface area contributed by atoms with Gasteiger partial charge in [0.1, 0.15) is 5.75 Å². The number of halogens is 2. The number of ether oxygens (including phenoxy) is 1. The van der Waals surface area contributed by atoms with Gasteiger partial charge in [-0.15, -0.1) is 12.4 Å². The molecular formula is C22H27Cl2NO2. The normalized spacial score (nSPS) is 16.1. The van der Waals surface area contributed by atoms with E-state index in [0.717, 1.165) is 36.5 Å². The van der Waals surface area contributed by atoms with Crippen LogP contribution in [0, 0.1) is 0 Å². The van der Waals surface area contributed by atoms with Crippen molar-refractivity contribution in [2.75, 3.05) is 26.7 Å². The van der Waals surface area contributed by atoms with Crippen LogP contribution in [0.15, 0.2) is 48.5 Å². The van der Waals surface area contributed by atoms with Gasteiger partial charge in [-0.05, 0) is 67.9 Å². The van der Waals surface area contributed by atoms with Gasteiger partial charge >= 0.3 is 0 Å². The average Bonchev–Trinajstić information content (AvgIpc) is 2.95. The van der Waals surface area contributed by atoms with Crippen molar-refractivity contribution in [1.82, 2.24) is 4.90 Å². The Morgan fingerprint density at radius 3 is 2.15 bits per heavy atom. The van der Waals surface area contributed by atoms with Crippen LogP contribution in [0.25, 0.3) is 0 Å². The van der Waals surface area contributed by atoms with Crippen LogP contribution in [0.4, 0.5) is 0 Å². The van der Waals surface area contributed by atoms with Crippen LogP contribution in [-0.2, 0) is 0 Å². The molecule has 1 unspecified atom stereocenters. The van der Waals surface area contributed by atoms with E-state index in [1.165, 1.54) is 25.7 Å². The number of methoxy groups -OCH3 is 1. The molecule has 1 saturated heterocycles. The molecule has 0 aromatic heterocycles. The molecule has 1 aliphatic heterocycles. The van der Waals surface area contributed by atoms with Gasteiger partial charge in [0.2, 0.25) is 0 Å². The van der Waals surface area contributed by atoms with E-state index < -0.39 is 0 Å². The maximum atomic E-state index is 13.3. The number of nitrogens with zero attached hydrogens (tertiary/aromatic N) is 1. The van der Waals surface area contributed by atoms with Gasteiger partial charge in [0.25, 0.3) is 0 Å². The van der Waals surface area contributed by atoms with Crippen LogP contribution in [0.3, 0.4) is 0 Å². The molecule has 27 heavy (non-hydrogen) atoms. The summed E-state index contributed by atoms with van der Waals surface area (Å²) in [4.78, 5) is 15.7. The van der Waals surface area contributed by atoms with Crippen molar-refractivity contribution in [2.24, 2.45) is 0 Å². The van der Waals surface area contributed by atoms with Gasteiger partial charge in [-0.2, -0.15) is 0 Å². The molecule has 1 atom stereocenters. The number of carbonyl (C=O) groups excluding carboxylic acids is 1. The Morgan fingerprint density at radius 2 is 1.59 bits per heavy atom. The van der Waals surface area contributed by atoms with Crippen LogP contribution in [0.1, 0.15) is 47.5 Å². The lowest BCUT2D eigenvalue weighted by Gasteiger charge is -2.26. The van der Waals surface area contributed by atoms with Crippen molar-refractivity contribution in [2.45, 2.75) is 31.6 Å². The minimum Gasteiger partial charge on any atom is -0.497 e. The SMILES string of the molecule is COc1ccc(C(=O)C(CN2CCCCCC2)c2ccc(Cl)cc2)cc1.Cl. The molecule has 3 rings (SSSR count). The first-order chi connectivity index (χ1) is 12.7. The Labute approximate surface area is 173 Å². The first kappa shape index (κ1) is 21.7. The quantitative estimate of drug-likeness (QED) is 0.582. The summed E-state index contributed by atoms with van der Waals surface area (Å²) < 4.78 is 5.21. The molecule has 1 fully saturated rings. The fraction of sp³-hybridized carbons (Fsp3) is 0.409. The number of Topliss-reactive ketones (excluding diaryl/α,β-unsaturated/α-hetero) is 1. The largest absolute Gasteiger partial charge is 0.497 e. The zero-order valence-corrected chi connectivity index (χ0v) is 17.3. The summed E-state index contributed by atoms with van der Waals surface area (Å²) in [5.41, 5.74) is 1.75. The van der Waals surface area contributed by atoms with E-state index in [-0.39, 0.29) is 24.1 Å². The first-order valence-electron chi connectivity index (χ1n) is 9.33. The summed E-state index contributed by atoms with van der Waals surface area (Å²) in [5, 5.41) is 0.694. The Morgan fingerprint density at radius 1 is 1.00 bits per heavy atom. The molecule has 5 heteroatoms. The molecule has 0 N–H and O–H groups in total. The molecule has 1 aliphatic rings. The zero-order valence-electron chi connectivity index (χ0n) is 15.7. The predicted octanol–water partition coefficient (Wildman–Crippen LogP) is 5.61. The second-order valence-corrected chi connectivity index (χ2v) is 7.35. The highest BCUT2D eigenvalue weighted by atomic mass is 35.5. The Kier molecular flexibility index (Phi) is 8.62. The van der Waals surface area contributed by atoms with E-state index in [4.69, 9.17) is 16.3 Å². The van der Waals surface area contributed by atoms with Crippen LogP contribution in [0.2, 0.25) is 5.02 Å². The number of likely N-dealkylation sites (tertiary alicyclic amines) is 1. The second-order valence-electron chi connectivity index (χ2n) is 6.91. The molecule has 0 spiro atoms. The van der Waals surface area contributed by atoms with Crippen molar-refractivity contribution >= 4 is 29.8 Å². The third kappa shape index (κ3) is 5.97. The monoisotopic (exact) mass is 407 g/mol. The maximum Gasteiger partial charge on any atom is 0.171 e. The average molecular weight is 408 g/mol. The van der Waals surface area contributed by atoms with Crippen molar-refractivity contribution in [3.63, 3.8) is 0 Å². The van der Waals surface area contributed by atoms with Gasteiger partial charge in [0.05, 0.1) is 13.0 Å². The summed E-state index contributed by atoms with van der Waals surface area (Å²) >= 11 is 6.05. The molecule has 0 saturated carbocycles. The maximum absolute atomic E-state index is 13.3. The fourth-order valence-corrected chi connectivity index (χ4v) is 3.69. The number of ketones is 1. The van der Waals surface area contributed by atoms with Crippen molar-refractivity contribution in [3.8, 4) is 5.75 Å². The van der Waals surface area contributed by atoms with Crippen molar-refractivity contribution < 1.29 is 9.53 Å². The molecule has 0 amide bonds. The molecule has 3 nitrogen and oxygen atoms in total. The van der Waals surface area contributed by atoms with E-state index in [0.29, 0.717) is 5.02 Å². The molecule has 146 valence electrons. The number of hydrogen-bond donors (Lipinski definition) is 0. The number of benzene rings is 2. The van der Waals surface area contributed by atoms with Crippen LogP contribution in [-0.4, -0.2) is 37.4 Å². The van der Waals surface area contributed by atoms with Crippen molar-refractivity contribution in [3.05, 3.63) is 64.7 Å². The minimum absolute atomic E-state index is 0. The number of rotatable bonds is 6. The van der Waals surface area contributed by atoms with Crippen LogP contribution < -0.4 is 4.74 Å². The van der Waals surface area contributed by atoms with Gasteiger partial charge in [0, 0.05) is 17.1 Å². The first-order valence-corrected chi connectivity index (χ1v) is 9.71. The standard InChI is InChI=1S/C22H26ClNO2.ClH/c1-26-20-12-8-18(9-13-20)22(25)21(17-6-10-19(23)11-7-17)16-24-14-4-2-3-5-15-24;/h6-13,21H,2-5,14-16H2,1H3;1H. The van der Waals surface area contributed by atoms with E-state index in [9.17, 15) is 4.79 Å². The molecule has 0 radical (unpaired) electrons.